The lowest BCUT2D eigenvalue weighted by Crippen LogP contribution is -2.22. The summed E-state index contributed by atoms with van der Waals surface area (Å²) in [5, 5.41) is 0.321. The molecule has 0 spiro atoms. The van der Waals surface area contributed by atoms with Gasteiger partial charge in [0.15, 0.2) is 0 Å². The number of rotatable bonds is 3. The number of hydrogen-bond acceptors (Lipinski definition) is 4. The van der Waals surface area contributed by atoms with Gasteiger partial charge in [-0.1, -0.05) is 15.9 Å². The predicted molar refractivity (Wildman–Crippen MR) is 52.9 cm³/mol. The molecule has 0 atom stereocenters. The van der Waals surface area contributed by atoms with Crippen LogP contribution in [-0.4, -0.2) is 31.1 Å². The second kappa shape index (κ2) is 4.41. The van der Waals surface area contributed by atoms with E-state index in [4.69, 9.17) is 9.47 Å². The van der Waals surface area contributed by atoms with E-state index in [1.807, 2.05) is 0 Å². The average molecular weight is 261 g/mol. The summed E-state index contributed by atoms with van der Waals surface area (Å²) < 4.78 is 9.63. The summed E-state index contributed by atoms with van der Waals surface area (Å²) in [6.07, 6.45) is 1.25. The van der Waals surface area contributed by atoms with Crippen molar-refractivity contribution < 1.29 is 19.1 Å². The number of methoxy groups -OCH3 is 2. The Morgan fingerprint density at radius 2 is 1.79 bits per heavy atom. The Morgan fingerprint density at radius 1 is 1.21 bits per heavy atom. The van der Waals surface area contributed by atoms with Crippen LogP contribution in [0.5, 0.6) is 0 Å². The molecule has 0 amide bonds. The number of alkyl halides is 1. The van der Waals surface area contributed by atoms with Gasteiger partial charge in [0, 0.05) is 10.9 Å². The Bertz CT molecular complexity index is 341. The first kappa shape index (κ1) is 11.0. The van der Waals surface area contributed by atoms with E-state index in [-0.39, 0.29) is 23.1 Å². The fourth-order valence-electron chi connectivity index (χ4n) is 1.13. The molecule has 0 aromatic rings. The van der Waals surface area contributed by atoms with Gasteiger partial charge in [0.2, 0.25) is 23.1 Å². The summed E-state index contributed by atoms with van der Waals surface area (Å²) >= 11 is 3.12. The van der Waals surface area contributed by atoms with Gasteiger partial charge in [-0.3, -0.25) is 9.59 Å². The average Bonchev–Trinajstić information content (AvgIpc) is 2.20. The minimum atomic E-state index is -0.349. The van der Waals surface area contributed by atoms with Crippen molar-refractivity contribution in [1.29, 1.82) is 0 Å². The summed E-state index contributed by atoms with van der Waals surface area (Å²) in [7, 11) is 2.66. The molecule has 5 heteroatoms. The number of halogens is 1. The van der Waals surface area contributed by atoms with Crippen molar-refractivity contribution in [3.8, 4) is 0 Å². The van der Waals surface area contributed by atoms with Gasteiger partial charge in [-0.15, -0.1) is 0 Å². The molecule has 0 heterocycles. The molecule has 0 fully saturated rings. The van der Waals surface area contributed by atoms with Gasteiger partial charge in [-0.2, -0.15) is 0 Å². The Hall–Kier alpha value is -1.10. The Morgan fingerprint density at radius 3 is 2.21 bits per heavy atom. The van der Waals surface area contributed by atoms with Crippen molar-refractivity contribution in [1.82, 2.24) is 0 Å². The standard InChI is InChI=1S/C9H9BrO4/c1-13-8-6(11)3-5(4-10)7(12)9(8)14-2/h3H,4H2,1-2H3. The third-order valence-corrected chi connectivity index (χ3v) is 2.39. The summed E-state index contributed by atoms with van der Waals surface area (Å²) in [4.78, 5) is 23.0. The highest BCUT2D eigenvalue weighted by atomic mass is 79.9. The summed E-state index contributed by atoms with van der Waals surface area (Å²) in [5.74, 6) is -0.740. The van der Waals surface area contributed by atoms with Crippen LogP contribution in [0.2, 0.25) is 0 Å². The molecule has 0 saturated heterocycles. The molecule has 0 N–H and O–H groups in total. The Kier molecular flexibility index (Phi) is 3.46. The lowest BCUT2D eigenvalue weighted by molar-refractivity contribution is -0.120. The highest BCUT2D eigenvalue weighted by molar-refractivity contribution is 9.09. The lowest BCUT2D eigenvalue weighted by atomic mass is 10.0. The minimum absolute atomic E-state index is 0.0329. The third-order valence-electron chi connectivity index (χ3n) is 1.79. The Balaban J connectivity index is 3.17. The molecule has 76 valence electrons. The molecule has 1 aliphatic carbocycles. The molecule has 0 saturated carbocycles. The van der Waals surface area contributed by atoms with Gasteiger partial charge in [-0.25, -0.2) is 0 Å². The third kappa shape index (κ3) is 1.72. The zero-order chi connectivity index (χ0) is 10.7. The maximum Gasteiger partial charge on any atom is 0.228 e. The van der Waals surface area contributed by atoms with Crippen LogP contribution in [0.3, 0.4) is 0 Å². The van der Waals surface area contributed by atoms with Crippen LogP contribution in [0, 0.1) is 0 Å². The van der Waals surface area contributed by atoms with Crippen LogP contribution in [0.15, 0.2) is 23.2 Å². The first-order valence-electron chi connectivity index (χ1n) is 3.83. The molecule has 4 nitrogen and oxygen atoms in total. The number of carbonyl (C=O) groups is 2. The monoisotopic (exact) mass is 260 g/mol. The van der Waals surface area contributed by atoms with E-state index in [9.17, 15) is 9.59 Å². The molecule has 0 aromatic heterocycles. The fourth-order valence-corrected chi connectivity index (χ4v) is 1.54. The van der Waals surface area contributed by atoms with Gasteiger partial charge >= 0.3 is 0 Å². The van der Waals surface area contributed by atoms with Crippen LogP contribution in [0.1, 0.15) is 0 Å². The van der Waals surface area contributed by atoms with Gasteiger partial charge in [0.05, 0.1) is 14.2 Å². The smallest absolute Gasteiger partial charge is 0.228 e. The van der Waals surface area contributed by atoms with E-state index in [0.29, 0.717) is 10.9 Å². The zero-order valence-corrected chi connectivity index (χ0v) is 9.38. The van der Waals surface area contributed by atoms with E-state index in [1.54, 1.807) is 0 Å². The number of ketones is 2. The molecule has 1 aliphatic rings. The van der Waals surface area contributed by atoms with Gasteiger partial charge in [-0.05, 0) is 6.08 Å². The maximum atomic E-state index is 11.6. The van der Waals surface area contributed by atoms with E-state index >= 15 is 0 Å². The zero-order valence-electron chi connectivity index (χ0n) is 7.80. The highest BCUT2D eigenvalue weighted by Gasteiger charge is 2.29. The Labute approximate surface area is 89.7 Å². The van der Waals surface area contributed by atoms with Gasteiger partial charge < -0.3 is 9.47 Å². The molecule has 0 aliphatic heterocycles. The SMILES string of the molecule is COC1=C(OC)C(=O)C(CBr)=CC1=O. The molecular formula is C9H9BrO4. The first-order valence-corrected chi connectivity index (χ1v) is 4.95. The van der Waals surface area contributed by atoms with Crippen molar-refractivity contribution >= 4 is 27.5 Å². The van der Waals surface area contributed by atoms with Crippen LogP contribution < -0.4 is 0 Å². The van der Waals surface area contributed by atoms with Gasteiger partial charge in [0.25, 0.3) is 0 Å². The molecule has 0 unspecified atom stereocenters. The largest absolute Gasteiger partial charge is 0.490 e. The molecule has 1 rings (SSSR count). The van der Waals surface area contributed by atoms with E-state index in [2.05, 4.69) is 15.9 Å². The van der Waals surface area contributed by atoms with Crippen molar-refractivity contribution in [3.63, 3.8) is 0 Å². The molecule has 14 heavy (non-hydrogen) atoms. The minimum Gasteiger partial charge on any atom is -0.490 e. The van der Waals surface area contributed by atoms with E-state index in [0.717, 1.165) is 0 Å². The van der Waals surface area contributed by atoms with Crippen LogP contribution in [-0.2, 0) is 19.1 Å². The van der Waals surface area contributed by atoms with Crippen molar-refractivity contribution in [3.05, 3.63) is 23.2 Å². The quantitative estimate of drug-likeness (QED) is 0.561. The number of carbonyl (C=O) groups excluding carboxylic acids is 2. The lowest BCUT2D eigenvalue weighted by Gasteiger charge is -2.15. The molecule has 0 aromatic carbocycles. The second-order valence-corrected chi connectivity index (χ2v) is 3.12. The predicted octanol–water partition coefficient (Wildman–Crippen LogP) is 0.964. The van der Waals surface area contributed by atoms with Gasteiger partial charge in [0.1, 0.15) is 0 Å². The highest BCUT2D eigenvalue weighted by Crippen LogP contribution is 2.21. The normalized spacial score (nSPS) is 16.9. The topological polar surface area (TPSA) is 52.6 Å². The van der Waals surface area contributed by atoms with E-state index in [1.165, 1.54) is 20.3 Å². The fraction of sp³-hybridized carbons (Fsp3) is 0.333. The van der Waals surface area contributed by atoms with E-state index < -0.39 is 0 Å². The first-order chi connectivity index (χ1) is 6.65. The molecular weight excluding hydrogens is 252 g/mol. The van der Waals surface area contributed by atoms with Crippen molar-refractivity contribution in [2.45, 2.75) is 0 Å². The second-order valence-electron chi connectivity index (χ2n) is 2.56. The van der Waals surface area contributed by atoms with Crippen LogP contribution >= 0.6 is 15.9 Å². The van der Waals surface area contributed by atoms with Crippen LogP contribution in [0.4, 0.5) is 0 Å². The van der Waals surface area contributed by atoms with Crippen molar-refractivity contribution in [2.75, 3.05) is 19.5 Å². The van der Waals surface area contributed by atoms with Crippen LogP contribution in [0.25, 0.3) is 0 Å². The summed E-state index contributed by atoms with van der Waals surface area (Å²) in [6, 6.07) is 0. The maximum absolute atomic E-state index is 11.6. The molecule has 0 radical (unpaired) electrons. The number of hydrogen-bond donors (Lipinski definition) is 0. The number of ether oxygens (including phenoxy) is 2. The molecule has 0 bridgehead atoms. The number of allylic oxidation sites excluding steroid dienone is 2. The number of Topliss-reactive ketones (excluding diaryl/α,β-unsaturated/α-hetero) is 1. The summed E-state index contributed by atoms with van der Waals surface area (Å²) in [6.45, 7) is 0. The van der Waals surface area contributed by atoms with Crippen molar-refractivity contribution in [2.24, 2.45) is 0 Å². The summed E-state index contributed by atoms with van der Waals surface area (Å²) in [5.41, 5.74) is 0.368.